The Bertz CT molecular complexity index is 493. The van der Waals surface area contributed by atoms with Crippen LogP contribution in [0.2, 0.25) is 0 Å². The average molecular weight is 327 g/mol. The number of hydrogen-bond donors (Lipinski definition) is 2. The molecule has 1 heterocycles. The van der Waals surface area contributed by atoms with Crippen molar-refractivity contribution in [3.63, 3.8) is 0 Å². The van der Waals surface area contributed by atoms with Crippen molar-refractivity contribution in [1.82, 2.24) is 4.90 Å². The van der Waals surface area contributed by atoms with Gasteiger partial charge in [0.25, 0.3) is 0 Å². The summed E-state index contributed by atoms with van der Waals surface area (Å²) in [6.45, 7) is 0.605. The Labute approximate surface area is 119 Å². The van der Waals surface area contributed by atoms with Crippen molar-refractivity contribution in [3.05, 3.63) is 28.7 Å². The molecule has 1 fully saturated rings. The lowest BCUT2D eigenvalue weighted by molar-refractivity contribution is -0.137. The average Bonchev–Trinajstić information content (AvgIpc) is 2.79. The van der Waals surface area contributed by atoms with E-state index in [1.165, 1.54) is 0 Å². The van der Waals surface area contributed by atoms with Crippen molar-refractivity contribution >= 4 is 33.6 Å². The van der Waals surface area contributed by atoms with Gasteiger partial charge in [-0.1, -0.05) is 12.1 Å². The Balaban J connectivity index is 2.03. The first-order valence-corrected chi connectivity index (χ1v) is 6.91. The first-order valence-electron chi connectivity index (χ1n) is 6.12. The van der Waals surface area contributed by atoms with Crippen LogP contribution in [0.25, 0.3) is 0 Å². The summed E-state index contributed by atoms with van der Waals surface area (Å²) in [7, 11) is 0. The van der Waals surface area contributed by atoms with Gasteiger partial charge in [-0.3, -0.25) is 4.79 Å². The molecule has 1 aromatic rings. The number of para-hydroxylation sites is 1. The summed E-state index contributed by atoms with van der Waals surface area (Å²) in [5.41, 5.74) is 0.688. The molecule has 0 saturated carbocycles. The number of rotatable bonds is 3. The number of hydrogen-bond acceptors (Lipinski definition) is 2. The fraction of sp³-hybridized carbons (Fsp3) is 0.385. The molecule has 6 heteroatoms. The second-order valence-corrected chi connectivity index (χ2v) is 5.35. The largest absolute Gasteiger partial charge is 0.481 e. The number of carboxylic acid groups (broad SMARTS) is 1. The van der Waals surface area contributed by atoms with Crippen LogP contribution in [0.3, 0.4) is 0 Å². The second-order valence-electron chi connectivity index (χ2n) is 4.50. The van der Waals surface area contributed by atoms with Crippen molar-refractivity contribution in [1.29, 1.82) is 0 Å². The molecule has 5 nitrogen and oxygen atoms in total. The molecule has 1 atom stereocenters. The van der Waals surface area contributed by atoms with Crippen LogP contribution in [0.1, 0.15) is 19.3 Å². The van der Waals surface area contributed by atoms with Crippen molar-refractivity contribution in [2.24, 2.45) is 0 Å². The molecule has 1 aliphatic heterocycles. The van der Waals surface area contributed by atoms with E-state index in [1.807, 2.05) is 18.2 Å². The van der Waals surface area contributed by atoms with Crippen LogP contribution in [0.5, 0.6) is 0 Å². The Morgan fingerprint density at radius 3 is 2.84 bits per heavy atom. The monoisotopic (exact) mass is 326 g/mol. The highest BCUT2D eigenvalue weighted by Crippen LogP contribution is 2.24. The van der Waals surface area contributed by atoms with Gasteiger partial charge >= 0.3 is 12.0 Å². The first-order chi connectivity index (χ1) is 9.08. The topological polar surface area (TPSA) is 69.6 Å². The molecule has 0 radical (unpaired) electrons. The minimum Gasteiger partial charge on any atom is -0.481 e. The standard InChI is InChI=1S/C13H15BrN2O3/c14-10-5-1-2-6-11(10)15-13(19)16-7-3-4-9(16)8-12(17)18/h1-2,5-6,9H,3-4,7-8H2,(H,15,19)(H,17,18). The third kappa shape index (κ3) is 3.47. The smallest absolute Gasteiger partial charge is 0.322 e. The number of benzene rings is 1. The highest BCUT2D eigenvalue weighted by molar-refractivity contribution is 9.10. The molecule has 102 valence electrons. The van der Waals surface area contributed by atoms with E-state index in [4.69, 9.17) is 5.11 Å². The second kappa shape index (κ2) is 6.06. The van der Waals surface area contributed by atoms with Gasteiger partial charge in [0.05, 0.1) is 12.1 Å². The summed E-state index contributed by atoms with van der Waals surface area (Å²) in [5, 5.41) is 11.6. The van der Waals surface area contributed by atoms with Gasteiger partial charge < -0.3 is 15.3 Å². The summed E-state index contributed by atoms with van der Waals surface area (Å²) in [6.07, 6.45) is 1.60. The molecular weight excluding hydrogens is 312 g/mol. The lowest BCUT2D eigenvalue weighted by Gasteiger charge is -2.24. The number of nitrogens with one attached hydrogen (secondary N) is 1. The maximum atomic E-state index is 12.2. The van der Waals surface area contributed by atoms with Gasteiger partial charge in [-0.15, -0.1) is 0 Å². The van der Waals surface area contributed by atoms with Crippen LogP contribution in [0.4, 0.5) is 10.5 Å². The predicted molar refractivity (Wildman–Crippen MR) is 75.1 cm³/mol. The van der Waals surface area contributed by atoms with E-state index >= 15 is 0 Å². The van der Waals surface area contributed by atoms with Gasteiger partial charge in [0.2, 0.25) is 0 Å². The van der Waals surface area contributed by atoms with Crippen LogP contribution >= 0.6 is 15.9 Å². The number of halogens is 1. The van der Waals surface area contributed by atoms with Crippen LogP contribution < -0.4 is 5.32 Å². The van der Waals surface area contributed by atoms with Gasteiger partial charge in [0.1, 0.15) is 0 Å². The molecule has 0 bridgehead atoms. The van der Waals surface area contributed by atoms with Crippen LogP contribution in [-0.4, -0.2) is 34.6 Å². The number of carbonyl (C=O) groups excluding carboxylic acids is 1. The van der Waals surface area contributed by atoms with Crippen LogP contribution in [-0.2, 0) is 4.79 Å². The van der Waals surface area contributed by atoms with Gasteiger partial charge in [-0.2, -0.15) is 0 Å². The van der Waals surface area contributed by atoms with E-state index < -0.39 is 5.97 Å². The molecular formula is C13H15BrN2O3. The summed E-state index contributed by atoms with van der Waals surface area (Å²) < 4.78 is 0.803. The van der Waals surface area contributed by atoms with E-state index in [0.29, 0.717) is 12.2 Å². The zero-order chi connectivity index (χ0) is 13.8. The minimum atomic E-state index is -0.870. The molecule has 2 rings (SSSR count). The molecule has 0 aliphatic carbocycles. The maximum Gasteiger partial charge on any atom is 0.322 e. The number of anilines is 1. The third-order valence-corrected chi connectivity index (χ3v) is 3.86. The van der Waals surface area contributed by atoms with Crippen molar-refractivity contribution in [2.75, 3.05) is 11.9 Å². The summed E-state index contributed by atoms with van der Waals surface area (Å²) >= 11 is 3.36. The predicted octanol–water partition coefficient (Wildman–Crippen LogP) is 2.92. The van der Waals surface area contributed by atoms with Crippen molar-refractivity contribution in [2.45, 2.75) is 25.3 Å². The Morgan fingerprint density at radius 2 is 2.16 bits per heavy atom. The lowest BCUT2D eigenvalue weighted by atomic mass is 10.1. The molecule has 1 saturated heterocycles. The highest BCUT2D eigenvalue weighted by Gasteiger charge is 2.30. The zero-order valence-electron chi connectivity index (χ0n) is 10.3. The number of aliphatic carboxylic acids is 1. The van der Waals surface area contributed by atoms with E-state index in [9.17, 15) is 9.59 Å². The molecule has 1 aliphatic rings. The highest BCUT2D eigenvalue weighted by atomic mass is 79.9. The molecule has 2 N–H and O–H groups in total. The molecule has 0 aromatic heterocycles. The summed E-state index contributed by atoms with van der Waals surface area (Å²) in [5.74, 6) is -0.870. The van der Waals surface area contributed by atoms with Crippen molar-refractivity contribution in [3.8, 4) is 0 Å². The van der Waals surface area contributed by atoms with Gasteiger partial charge in [-0.25, -0.2) is 4.79 Å². The van der Waals surface area contributed by atoms with E-state index in [-0.39, 0.29) is 18.5 Å². The number of carbonyl (C=O) groups is 2. The van der Waals surface area contributed by atoms with Crippen molar-refractivity contribution < 1.29 is 14.7 Å². The number of carboxylic acids is 1. The normalized spacial score (nSPS) is 18.4. The van der Waals surface area contributed by atoms with Gasteiger partial charge in [-0.05, 0) is 40.9 Å². The Morgan fingerprint density at radius 1 is 1.42 bits per heavy atom. The molecule has 2 amide bonds. The summed E-state index contributed by atoms with van der Waals surface area (Å²) in [6, 6.07) is 6.89. The van der Waals surface area contributed by atoms with Gasteiger partial charge in [0.15, 0.2) is 0 Å². The molecule has 0 spiro atoms. The van der Waals surface area contributed by atoms with E-state index in [2.05, 4.69) is 21.2 Å². The zero-order valence-corrected chi connectivity index (χ0v) is 11.9. The number of urea groups is 1. The Hall–Kier alpha value is -1.56. The number of amides is 2. The minimum absolute atomic E-state index is 0.00335. The first kappa shape index (κ1) is 13.9. The van der Waals surface area contributed by atoms with E-state index in [0.717, 1.165) is 17.3 Å². The SMILES string of the molecule is O=C(O)CC1CCCN1C(=O)Nc1ccccc1Br. The lowest BCUT2D eigenvalue weighted by Crippen LogP contribution is -2.39. The van der Waals surface area contributed by atoms with Crippen LogP contribution in [0.15, 0.2) is 28.7 Å². The maximum absolute atomic E-state index is 12.2. The van der Waals surface area contributed by atoms with E-state index in [1.54, 1.807) is 11.0 Å². The molecule has 1 unspecified atom stereocenters. The van der Waals surface area contributed by atoms with Crippen LogP contribution in [0, 0.1) is 0 Å². The third-order valence-electron chi connectivity index (χ3n) is 3.16. The quantitative estimate of drug-likeness (QED) is 0.897. The number of likely N-dealkylation sites (tertiary alicyclic amines) is 1. The Kier molecular flexibility index (Phi) is 4.42. The molecule has 1 aromatic carbocycles. The van der Waals surface area contributed by atoms with Gasteiger partial charge in [0, 0.05) is 17.1 Å². The fourth-order valence-corrected chi connectivity index (χ4v) is 2.65. The molecule has 19 heavy (non-hydrogen) atoms. The fourth-order valence-electron chi connectivity index (χ4n) is 2.27. The number of nitrogens with zero attached hydrogens (tertiary/aromatic N) is 1. The summed E-state index contributed by atoms with van der Waals surface area (Å²) in [4.78, 5) is 24.5.